The molecule has 2 aromatic rings. The molecule has 0 saturated carbocycles. The number of nitrogens with zero attached hydrogens (tertiary/aromatic N) is 1. The zero-order valence-corrected chi connectivity index (χ0v) is 12.4. The third-order valence-electron chi connectivity index (χ3n) is 3.39. The summed E-state index contributed by atoms with van der Waals surface area (Å²) in [5.41, 5.74) is 7.09. The van der Waals surface area contributed by atoms with E-state index in [0.717, 1.165) is 23.1 Å². The van der Waals surface area contributed by atoms with Crippen molar-refractivity contribution in [3.8, 4) is 0 Å². The zero-order chi connectivity index (χ0) is 14.1. The highest BCUT2D eigenvalue weighted by Crippen LogP contribution is 2.24. The Morgan fingerprint density at radius 2 is 2.15 bits per heavy atom. The smallest absolute Gasteiger partial charge is 0.251 e. The highest BCUT2D eigenvalue weighted by molar-refractivity contribution is 7.85. The van der Waals surface area contributed by atoms with Crippen molar-refractivity contribution < 1.29 is 9.00 Å². The van der Waals surface area contributed by atoms with Gasteiger partial charge in [-0.3, -0.25) is 9.00 Å². The van der Waals surface area contributed by atoms with E-state index in [9.17, 15) is 9.00 Å². The van der Waals surface area contributed by atoms with Crippen molar-refractivity contribution in [3.63, 3.8) is 0 Å². The summed E-state index contributed by atoms with van der Waals surface area (Å²) < 4.78 is 12.2. The molecular weight excluding hydrogens is 294 g/mol. The molecule has 2 heterocycles. The van der Waals surface area contributed by atoms with Gasteiger partial charge < -0.3 is 11.1 Å². The number of nitrogen functional groups attached to an aromatic ring is 1. The number of aromatic nitrogens is 1. The molecule has 1 saturated heterocycles. The molecule has 20 heavy (non-hydrogen) atoms. The summed E-state index contributed by atoms with van der Waals surface area (Å²) in [6.45, 7) is 0. The molecule has 0 radical (unpaired) electrons. The Morgan fingerprint density at radius 1 is 1.40 bits per heavy atom. The lowest BCUT2D eigenvalue weighted by atomic mass is 10.1. The van der Waals surface area contributed by atoms with Crippen molar-refractivity contribution >= 4 is 43.4 Å². The van der Waals surface area contributed by atoms with Crippen LogP contribution >= 0.6 is 11.3 Å². The number of hydrogen-bond acceptors (Lipinski definition) is 5. The Hall–Kier alpha value is -1.47. The standard InChI is InChI=1S/C13H15N3O2S2/c14-13-16-10-2-1-8(7-11(10)19-13)12(17)15-9-3-5-20(18)6-4-9/h1-2,7,9H,3-6H2,(H2,14,16)(H,15,17). The summed E-state index contributed by atoms with van der Waals surface area (Å²) in [5, 5.41) is 3.51. The SMILES string of the molecule is Nc1nc2ccc(C(=O)NC3CCS(=O)CC3)cc2s1. The highest BCUT2D eigenvalue weighted by Gasteiger charge is 2.20. The molecule has 0 spiro atoms. The van der Waals surface area contributed by atoms with Crippen LogP contribution in [0.5, 0.6) is 0 Å². The summed E-state index contributed by atoms with van der Waals surface area (Å²) in [5.74, 6) is 1.27. The lowest BCUT2D eigenvalue weighted by Gasteiger charge is -2.22. The van der Waals surface area contributed by atoms with E-state index in [4.69, 9.17) is 5.73 Å². The lowest BCUT2D eigenvalue weighted by molar-refractivity contribution is 0.0934. The molecule has 7 heteroatoms. The summed E-state index contributed by atoms with van der Waals surface area (Å²) in [4.78, 5) is 16.4. The van der Waals surface area contributed by atoms with E-state index in [1.807, 2.05) is 12.1 Å². The normalized spacial score (nSPS) is 22.8. The van der Waals surface area contributed by atoms with Crippen LogP contribution in [0.15, 0.2) is 18.2 Å². The molecule has 0 atom stereocenters. The molecular formula is C13H15N3O2S2. The van der Waals surface area contributed by atoms with Gasteiger partial charge in [0.2, 0.25) is 0 Å². The molecule has 3 rings (SSSR count). The number of rotatable bonds is 2. The van der Waals surface area contributed by atoms with Crippen LogP contribution in [0.25, 0.3) is 10.2 Å². The second-order valence-corrected chi connectivity index (χ2v) is 7.59. The molecule has 1 aliphatic heterocycles. The number of amides is 1. The van der Waals surface area contributed by atoms with Gasteiger partial charge in [0, 0.05) is 33.9 Å². The molecule has 0 unspecified atom stereocenters. The molecule has 1 aromatic carbocycles. The predicted molar refractivity (Wildman–Crippen MR) is 82.4 cm³/mol. The fraction of sp³-hybridized carbons (Fsp3) is 0.385. The molecule has 3 N–H and O–H groups in total. The van der Waals surface area contributed by atoms with Crippen LogP contribution in [0.4, 0.5) is 5.13 Å². The average molecular weight is 309 g/mol. The number of nitrogens with one attached hydrogen (secondary N) is 1. The van der Waals surface area contributed by atoms with E-state index in [0.29, 0.717) is 22.2 Å². The number of nitrogens with two attached hydrogens (primary N) is 1. The first-order valence-corrected chi connectivity index (χ1v) is 8.74. The van der Waals surface area contributed by atoms with Gasteiger partial charge in [-0.25, -0.2) is 4.98 Å². The Balaban J connectivity index is 1.73. The van der Waals surface area contributed by atoms with E-state index in [1.54, 1.807) is 6.07 Å². The van der Waals surface area contributed by atoms with Gasteiger partial charge in [0.1, 0.15) is 0 Å². The molecule has 0 bridgehead atoms. The topological polar surface area (TPSA) is 85.1 Å². The number of anilines is 1. The van der Waals surface area contributed by atoms with Crippen LogP contribution in [-0.2, 0) is 10.8 Å². The van der Waals surface area contributed by atoms with E-state index >= 15 is 0 Å². The van der Waals surface area contributed by atoms with Gasteiger partial charge in [-0.2, -0.15) is 0 Å². The van der Waals surface area contributed by atoms with Gasteiger partial charge in [-0.15, -0.1) is 0 Å². The minimum Gasteiger partial charge on any atom is -0.375 e. The first kappa shape index (κ1) is 13.5. The number of hydrogen-bond donors (Lipinski definition) is 2. The number of carbonyl (C=O) groups is 1. The Morgan fingerprint density at radius 3 is 2.90 bits per heavy atom. The van der Waals surface area contributed by atoms with Gasteiger partial charge in [-0.05, 0) is 31.0 Å². The molecule has 1 fully saturated rings. The molecule has 1 aliphatic rings. The van der Waals surface area contributed by atoms with Crippen molar-refractivity contribution in [2.24, 2.45) is 0 Å². The fourth-order valence-corrected chi connectivity index (χ4v) is 4.36. The van der Waals surface area contributed by atoms with Gasteiger partial charge in [0.25, 0.3) is 5.91 Å². The summed E-state index contributed by atoms with van der Waals surface area (Å²) in [6.07, 6.45) is 1.57. The zero-order valence-electron chi connectivity index (χ0n) is 10.8. The van der Waals surface area contributed by atoms with Gasteiger partial charge in [0.05, 0.1) is 10.2 Å². The van der Waals surface area contributed by atoms with Crippen molar-refractivity contribution in [1.82, 2.24) is 10.3 Å². The first-order valence-electron chi connectivity index (χ1n) is 6.44. The highest BCUT2D eigenvalue weighted by atomic mass is 32.2. The van der Waals surface area contributed by atoms with Gasteiger partial charge in [-0.1, -0.05) is 11.3 Å². The summed E-state index contributed by atoms with van der Waals surface area (Å²) in [6, 6.07) is 5.52. The Kier molecular flexibility index (Phi) is 3.71. The number of thiazole rings is 1. The molecule has 5 nitrogen and oxygen atoms in total. The Labute approximate surface area is 123 Å². The second-order valence-electron chi connectivity index (χ2n) is 4.83. The average Bonchev–Trinajstić information content (AvgIpc) is 2.80. The third kappa shape index (κ3) is 2.83. The fourth-order valence-electron chi connectivity index (χ4n) is 2.29. The monoisotopic (exact) mass is 309 g/mol. The van der Waals surface area contributed by atoms with Crippen molar-refractivity contribution in [2.75, 3.05) is 17.2 Å². The largest absolute Gasteiger partial charge is 0.375 e. The van der Waals surface area contributed by atoms with Crippen molar-refractivity contribution in [2.45, 2.75) is 18.9 Å². The van der Waals surface area contributed by atoms with Crippen LogP contribution in [0.2, 0.25) is 0 Å². The van der Waals surface area contributed by atoms with Crippen molar-refractivity contribution in [3.05, 3.63) is 23.8 Å². The van der Waals surface area contributed by atoms with E-state index in [-0.39, 0.29) is 11.9 Å². The van der Waals surface area contributed by atoms with Gasteiger partial charge in [0.15, 0.2) is 5.13 Å². The van der Waals surface area contributed by atoms with E-state index in [2.05, 4.69) is 10.3 Å². The molecule has 1 amide bonds. The number of carbonyl (C=O) groups excluding carboxylic acids is 1. The summed E-state index contributed by atoms with van der Waals surface area (Å²) >= 11 is 1.38. The van der Waals surface area contributed by atoms with Crippen molar-refractivity contribution in [1.29, 1.82) is 0 Å². The predicted octanol–water partition coefficient (Wildman–Crippen LogP) is 1.52. The molecule has 106 valence electrons. The van der Waals surface area contributed by atoms with Crippen LogP contribution in [-0.4, -0.2) is 32.6 Å². The van der Waals surface area contributed by atoms with Crippen LogP contribution in [0.3, 0.4) is 0 Å². The number of benzene rings is 1. The van der Waals surface area contributed by atoms with E-state index in [1.165, 1.54) is 11.3 Å². The van der Waals surface area contributed by atoms with E-state index < -0.39 is 10.8 Å². The third-order valence-corrected chi connectivity index (χ3v) is 5.62. The minimum atomic E-state index is -0.708. The molecule has 1 aromatic heterocycles. The number of fused-ring (bicyclic) bond motifs is 1. The van der Waals surface area contributed by atoms with Crippen LogP contribution < -0.4 is 11.1 Å². The second kappa shape index (κ2) is 5.49. The van der Waals surface area contributed by atoms with Crippen LogP contribution in [0.1, 0.15) is 23.2 Å². The Bertz CT molecular complexity index is 673. The maximum atomic E-state index is 12.2. The van der Waals surface area contributed by atoms with Gasteiger partial charge >= 0.3 is 0 Å². The first-order chi connectivity index (χ1) is 9.61. The molecule has 0 aliphatic carbocycles. The maximum absolute atomic E-state index is 12.2. The summed E-state index contributed by atoms with van der Waals surface area (Å²) in [7, 11) is -0.708. The quantitative estimate of drug-likeness (QED) is 0.881. The lowest BCUT2D eigenvalue weighted by Crippen LogP contribution is -2.39. The van der Waals surface area contributed by atoms with Crippen LogP contribution in [0, 0.1) is 0 Å². The minimum absolute atomic E-state index is 0.0865. The maximum Gasteiger partial charge on any atom is 0.251 e.